The van der Waals surface area contributed by atoms with Gasteiger partial charge in [-0.15, -0.1) is 0 Å². The van der Waals surface area contributed by atoms with Crippen LogP contribution < -0.4 is 0 Å². The SMILES string of the molecule is CCn1c(CSc2ccc3ccccc3n2)nc2cc(S(=O)(=O)N3CCOCC3)ccc21. The summed E-state index contributed by atoms with van der Waals surface area (Å²) < 4.78 is 35.0. The number of rotatable bonds is 6. The van der Waals surface area contributed by atoms with Crippen LogP contribution in [0.5, 0.6) is 0 Å². The number of para-hydroxylation sites is 1. The maximum absolute atomic E-state index is 13.0. The topological polar surface area (TPSA) is 77.3 Å². The molecule has 1 aliphatic heterocycles. The molecule has 0 unspecified atom stereocenters. The number of ether oxygens (including phenoxy) is 1. The summed E-state index contributed by atoms with van der Waals surface area (Å²) in [7, 11) is -3.55. The predicted molar refractivity (Wildman–Crippen MR) is 126 cm³/mol. The maximum atomic E-state index is 13.0. The third kappa shape index (κ3) is 4.01. The van der Waals surface area contributed by atoms with E-state index in [4.69, 9.17) is 14.7 Å². The number of hydrogen-bond acceptors (Lipinski definition) is 6. The number of thioether (sulfide) groups is 1. The highest BCUT2D eigenvalue weighted by atomic mass is 32.2. The van der Waals surface area contributed by atoms with Crippen LogP contribution in [0.3, 0.4) is 0 Å². The van der Waals surface area contributed by atoms with Crippen LogP contribution in [0, 0.1) is 0 Å². The smallest absolute Gasteiger partial charge is 0.243 e. The van der Waals surface area contributed by atoms with E-state index in [1.54, 1.807) is 23.9 Å². The molecule has 0 atom stereocenters. The Hall–Kier alpha value is -2.46. The summed E-state index contributed by atoms with van der Waals surface area (Å²) in [5, 5.41) is 2.06. The molecular weight excluding hydrogens is 444 g/mol. The minimum absolute atomic E-state index is 0.281. The maximum Gasteiger partial charge on any atom is 0.243 e. The van der Waals surface area contributed by atoms with E-state index in [2.05, 4.69) is 23.6 Å². The molecular formula is C23H24N4O3S2. The first-order valence-corrected chi connectivity index (χ1v) is 13.0. The Balaban J connectivity index is 1.42. The zero-order valence-electron chi connectivity index (χ0n) is 17.8. The summed E-state index contributed by atoms with van der Waals surface area (Å²) in [5.41, 5.74) is 2.61. The molecule has 32 heavy (non-hydrogen) atoms. The molecule has 0 bridgehead atoms. The second-order valence-corrected chi connectivity index (χ2v) is 10.5. The molecule has 1 aliphatic rings. The normalized spacial score (nSPS) is 15.5. The summed E-state index contributed by atoms with van der Waals surface area (Å²) in [4.78, 5) is 9.80. The molecule has 4 aromatic rings. The number of nitrogens with zero attached hydrogens (tertiary/aromatic N) is 4. The van der Waals surface area contributed by atoms with Crippen molar-refractivity contribution in [2.45, 2.75) is 29.1 Å². The highest BCUT2D eigenvalue weighted by Gasteiger charge is 2.27. The monoisotopic (exact) mass is 468 g/mol. The molecule has 5 rings (SSSR count). The van der Waals surface area contributed by atoms with E-state index in [-0.39, 0.29) is 4.90 Å². The highest BCUT2D eigenvalue weighted by Crippen LogP contribution is 2.27. The zero-order valence-corrected chi connectivity index (χ0v) is 19.4. The third-order valence-electron chi connectivity index (χ3n) is 5.64. The lowest BCUT2D eigenvalue weighted by atomic mass is 10.2. The van der Waals surface area contributed by atoms with Gasteiger partial charge in [0.1, 0.15) is 5.82 Å². The molecule has 3 heterocycles. The fourth-order valence-electron chi connectivity index (χ4n) is 3.99. The lowest BCUT2D eigenvalue weighted by Crippen LogP contribution is -2.40. The Labute approximate surface area is 191 Å². The fourth-order valence-corrected chi connectivity index (χ4v) is 6.24. The molecule has 0 aliphatic carbocycles. The highest BCUT2D eigenvalue weighted by molar-refractivity contribution is 7.98. The van der Waals surface area contributed by atoms with Crippen LogP contribution >= 0.6 is 11.8 Å². The third-order valence-corrected chi connectivity index (χ3v) is 8.47. The number of aryl methyl sites for hydroxylation is 1. The molecule has 9 heteroatoms. The van der Waals surface area contributed by atoms with Gasteiger partial charge in [0.2, 0.25) is 10.0 Å². The van der Waals surface area contributed by atoms with Crippen LogP contribution in [-0.2, 0) is 27.1 Å². The van der Waals surface area contributed by atoms with E-state index in [1.165, 1.54) is 4.31 Å². The standard InChI is InChI=1S/C23H24N4O3S2/c1-2-27-21-9-8-18(32(28,29)26-11-13-30-14-12-26)15-20(21)24-22(27)16-31-23-10-7-17-5-3-4-6-19(17)25-23/h3-10,15H,2,11-14,16H2,1H3. The summed E-state index contributed by atoms with van der Waals surface area (Å²) >= 11 is 1.63. The minimum atomic E-state index is -3.55. The molecule has 1 saturated heterocycles. The van der Waals surface area contributed by atoms with Crippen LogP contribution in [0.1, 0.15) is 12.7 Å². The Morgan fingerprint density at radius 3 is 2.62 bits per heavy atom. The average Bonchev–Trinajstić information content (AvgIpc) is 3.20. The van der Waals surface area contributed by atoms with Gasteiger partial charge in [-0.3, -0.25) is 0 Å². The number of fused-ring (bicyclic) bond motifs is 2. The van der Waals surface area contributed by atoms with Gasteiger partial charge in [0.15, 0.2) is 0 Å². The van der Waals surface area contributed by atoms with E-state index >= 15 is 0 Å². The lowest BCUT2D eigenvalue weighted by Gasteiger charge is -2.26. The molecule has 0 N–H and O–H groups in total. The Bertz CT molecular complexity index is 1380. The lowest BCUT2D eigenvalue weighted by molar-refractivity contribution is 0.0730. The van der Waals surface area contributed by atoms with Crippen molar-refractivity contribution in [3.05, 3.63) is 60.4 Å². The number of hydrogen-bond donors (Lipinski definition) is 0. The van der Waals surface area contributed by atoms with Crippen LogP contribution in [0.2, 0.25) is 0 Å². The van der Waals surface area contributed by atoms with Crippen molar-refractivity contribution in [3.8, 4) is 0 Å². The predicted octanol–water partition coefficient (Wildman–Crippen LogP) is 3.92. The van der Waals surface area contributed by atoms with Crippen molar-refractivity contribution in [1.82, 2.24) is 18.8 Å². The number of morpholine rings is 1. The van der Waals surface area contributed by atoms with Gasteiger partial charge in [0, 0.05) is 25.0 Å². The van der Waals surface area contributed by atoms with Gasteiger partial charge in [-0.2, -0.15) is 4.31 Å². The van der Waals surface area contributed by atoms with Gasteiger partial charge in [-0.1, -0.05) is 36.0 Å². The Morgan fingerprint density at radius 1 is 1.00 bits per heavy atom. The number of imidazole rings is 1. The molecule has 7 nitrogen and oxygen atoms in total. The van der Waals surface area contributed by atoms with Gasteiger partial charge in [0.05, 0.1) is 45.4 Å². The molecule has 2 aromatic carbocycles. The van der Waals surface area contributed by atoms with Crippen LogP contribution in [0.25, 0.3) is 21.9 Å². The molecule has 0 spiro atoms. The van der Waals surface area contributed by atoms with E-state index in [0.717, 1.165) is 33.8 Å². The Morgan fingerprint density at radius 2 is 1.81 bits per heavy atom. The first kappa shape index (κ1) is 21.4. The first-order chi connectivity index (χ1) is 15.6. The summed E-state index contributed by atoms with van der Waals surface area (Å²) in [6.07, 6.45) is 0. The van der Waals surface area contributed by atoms with Gasteiger partial charge < -0.3 is 9.30 Å². The van der Waals surface area contributed by atoms with Crippen molar-refractivity contribution >= 4 is 43.7 Å². The summed E-state index contributed by atoms with van der Waals surface area (Å²) in [6, 6.07) is 17.4. The molecule has 0 saturated carbocycles. The summed E-state index contributed by atoms with van der Waals surface area (Å²) in [5.74, 6) is 1.56. The number of pyridine rings is 1. The van der Waals surface area contributed by atoms with E-state index < -0.39 is 10.0 Å². The van der Waals surface area contributed by atoms with Crippen LogP contribution in [-0.4, -0.2) is 53.6 Å². The zero-order chi connectivity index (χ0) is 22.1. The molecule has 0 radical (unpaired) electrons. The quantitative estimate of drug-likeness (QED) is 0.399. The van der Waals surface area contributed by atoms with Gasteiger partial charge in [-0.25, -0.2) is 18.4 Å². The fraction of sp³-hybridized carbons (Fsp3) is 0.304. The average molecular weight is 469 g/mol. The second kappa shape index (κ2) is 8.82. The molecule has 0 amide bonds. The van der Waals surface area contributed by atoms with E-state index in [9.17, 15) is 8.42 Å². The summed E-state index contributed by atoms with van der Waals surface area (Å²) in [6.45, 7) is 4.44. The molecule has 1 fully saturated rings. The van der Waals surface area contributed by atoms with Crippen molar-refractivity contribution in [2.24, 2.45) is 0 Å². The molecule has 2 aromatic heterocycles. The number of sulfonamides is 1. The van der Waals surface area contributed by atoms with Crippen molar-refractivity contribution in [2.75, 3.05) is 26.3 Å². The van der Waals surface area contributed by atoms with Gasteiger partial charge in [0.25, 0.3) is 0 Å². The van der Waals surface area contributed by atoms with Gasteiger partial charge >= 0.3 is 0 Å². The molecule has 166 valence electrons. The van der Waals surface area contributed by atoms with E-state index in [1.807, 2.05) is 30.3 Å². The van der Waals surface area contributed by atoms with Crippen LogP contribution in [0.4, 0.5) is 0 Å². The first-order valence-electron chi connectivity index (χ1n) is 10.6. The van der Waals surface area contributed by atoms with E-state index in [0.29, 0.717) is 37.6 Å². The largest absolute Gasteiger partial charge is 0.379 e. The van der Waals surface area contributed by atoms with Crippen molar-refractivity contribution in [3.63, 3.8) is 0 Å². The minimum Gasteiger partial charge on any atom is -0.379 e. The van der Waals surface area contributed by atoms with Gasteiger partial charge in [-0.05, 0) is 37.3 Å². The number of benzene rings is 2. The Kier molecular flexibility index (Phi) is 5.90. The number of aromatic nitrogens is 3. The second-order valence-electron chi connectivity index (χ2n) is 7.57. The van der Waals surface area contributed by atoms with Crippen molar-refractivity contribution in [1.29, 1.82) is 0 Å². The van der Waals surface area contributed by atoms with Crippen molar-refractivity contribution < 1.29 is 13.2 Å². The van der Waals surface area contributed by atoms with Crippen LogP contribution in [0.15, 0.2) is 64.5 Å².